The summed E-state index contributed by atoms with van der Waals surface area (Å²) in [5.41, 5.74) is 6.32. The standard InChI is InChI=1S/C22H19F3N8O2/c23-22(24,25)13-3-6-16(28-9-13)31-20(34)12-1-4-14(5-2-12)32-17-18(26)29-11-30-19(17)33(21(32)35)15-7-8-27-10-15/h1-6,9,11,15,27H,7-8,10H2,(H2,26,29,30)(H,28,31,34)/t15-/m1/s1. The summed E-state index contributed by atoms with van der Waals surface area (Å²) in [5.74, 6) is -0.452. The van der Waals surface area contributed by atoms with Crippen molar-refractivity contribution in [3.8, 4) is 5.69 Å². The number of nitrogens with one attached hydrogen (secondary N) is 2. The van der Waals surface area contributed by atoms with Crippen LogP contribution in [0.4, 0.5) is 24.8 Å². The average molecular weight is 484 g/mol. The lowest BCUT2D eigenvalue weighted by atomic mass is 10.2. The fraction of sp³-hybridized carbons (Fsp3) is 0.227. The van der Waals surface area contributed by atoms with Crippen LogP contribution in [-0.4, -0.2) is 43.1 Å². The molecule has 1 aliphatic heterocycles. The molecule has 35 heavy (non-hydrogen) atoms. The molecule has 0 radical (unpaired) electrons. The Morgan fingerprint density at radius 3 is 2.51 bits per heavy atom. The molecule has 0 aliphatic carbocycles. The molecule has 10 nitrogen and oxygen atoms in total. The number of hydrogen-bond donors (Lipinski definition) is 3. The third-order valence-electron chi connectivity index (χ3n) is 5.80. The number of benzene rings is 1. The van der Waals surface area contributed by atoms with Crippen LogP contribution in [-0.2, 0) is 6.18 Å². The van der Waals surface area contributed by atoms with Crippen LogP contribution in [0, 0.1) is 0 Å². The van der Waals surface area contributed by atoms with Crippen LogP contribution < -0.4 is 22.1 Å². The Morgan fingerprint density at radius 2 is 1.89 bits per heavy atom. The third kappa shape index (κ3) is 4.10. The Morgan fingerprint density at radius 1 is 1.11 bits per heavy atom. The maximum atomic E-state index is 13.4. The van der Waals surface area contributed by atoms with Gasteiger partial charge in [-0.2, -0.15) is 13.2 Å². The summed E-state index contributed by atoms with van der Waals surface area (Å²) in [5, 5.41) is 5.68. The van der Waals surface area contributed by atoms with Gasteiger partial charge in [0.2, 0.25) is 0 Å². The number of aromatic nitrogens is 5. The molecule has 0 unspecified atom stereocenters. The van der Waals surface area contributed by atoms with Gasteiger partial charge in [-0.1, -0.05) is 0 Å². The summed E-state index contributed by atoms with van der Waals surface area (Å²) >= 11 is 0. The first kappa shape index (κ1) is 22.5. The van der Waals surface area contributed by atoms with Crippen LogP contribution >= 0.6 is 0 Å². The normalized spacial score (nSPS) is 16.0. The van der Waals surface area contributed by atoms with Crippen LogP contribution in [0.3, 0.4) is 0 Å². The van der Waals surface area contributed by atoms with Crippen LogP contribution in [0.15, 0.2) is 53.7 Å². The minimum atomic E-state index is -4.52. The Hall–Kier alpha value is -4.26. The van der Waals surface area contributed by atoms with Crippen molar-refractivity contribution in [2.75, 3.05) is 24.1 Å². The number of nitrogens with zero attached hydrogens (tertiary/aromatic N) is 5. The molecule has 0 saturated carbocycles. The van der Waals surface area contributed by atoms with Crippen molar-refractivity contribution in [3.05, 3.63) is 70.5 Å². The van der Waals surface area contributed by atoms with Crippen molar-refractivity contribution in [1.29, 1.82) is 0 Å². The van der Waals surface area contributed by atoms with Crippen molar-refractivity contribution < 1.29 is 18.0 Å². The molecule has 13 heteroatoms. The maximum Gasteiger partial charge on any atom is 0.417 e. The fourth-order valence-electron chi connectivity index (χ4n) is 4.08. The summed E-state index contributed by atoms with van der Waals surface area (Å²) in [6.45, 7) is 1.40. The first-order chi connectivity index (χ1) is 16.7. The number of carbonyl (C=O) groups is 1. The first-order valence-electron chi connectivity index (χ1n) is 10.6. The second-order valence-electron chi connectivity index (χ2n) is 8.00. The van der Waals surface area contributed by atoms with E-state index in [9.17, 15) is 22.8 Å². The van der Waals surface area contributed by atoms with Crippen LogP contribution in [0.5, 0.6) is 0 Å². The molecule has 4 aromatic rings. The Balaban J connectivity index is 1.45. The fourth-order valence-corrected chi connectivity index (χ4v) is 4.08. The van der Waals surface area contributed by atoms with Crippen molar-refractivity contribution in [1.82, 2.24) is 29.4 Å². The molecule has 4 heterocycles. The molecule has 1 saturated heterocycles. The van der Waals surface area contributed by atoms with Gasteiger partial charge in [0, 0.05) is 18.3 Å². The van der Waals surface area contributed by atoms with Gasteiger partial charge in [0.1, 0.15) is 17.7 Å². The number of rotatable bonds is 4. The number of anilines is 2. The molecule has 1 atom stereocenters. The van der Waals surface area contributed by atoms with E-state index in [1.165, 1.54) is 23.0 Å². The molecule has 1 fully saturated rings. The van der Waals surface area contributed by atoms with E-state index >= 15 is 0 Å². The monoisotopic (exact) mass is 484 g/mol. The molecule has 3 aromatic heterocycles. The topological polar surface area (TPSA) is 133 Å². The molecule has 0 spiro atoms. The van der Waals surface area contributed by atoms with Crippen molar-refractivity contribution >= 4 is 28.7 Å². The van der Waals surface area contributed by atoms with Crippen LogP contribution in [0.25, 0.3) is 16.9 Å². The molecule has 0 bridgehead atoms. The average Bonchev–Trinajstić information content (AvgIpc) is 3.45. The molecular weight excluding hydrogens is 465 g/mol. The Kier molecular flexibility index (Phi) is 5.47. The largest absolute Gasteiger partial charge is 0.417 e. The minimum Gasteiger partial charge on any atom is -0.382 e. The number of imidazole rings is 1. The molecule has 5 rings (SSSR count). The van der Waals surface area contributed by atoms with Gasteiger partial charge in [0.15, 0.2) is 11.5 Å². The van der Waals surface area contributed by atoms with Gasteiger partial charge in [-0.3, -0.25) is 13.9 Å². The number of fused-ring (bicyclic) bond motifs is 1. The van der Waals surface area contributed by atoms with E-state index in [1.807, 2.05) is 0 Å². The summed E-state index contributed by atoms with van der Waals surface area (Å²) < 4.78 is 41.1. The minimum absolute atomic E-state index is 0.0264. The van der Waals surface area contributed by atoms with Gasteiger partial charge in [-0.15, -0.1) is 0 Å². The van der Waals surface area contributed by atoms with E-state index in [0.29, 0.717) is 29.6 Å². The number of carbonyl (C=O) groups excluding carboxylic acids is 1. The molecule has 4 N–H and O–H groups in total. The van der Waals surface area contributed by atoms with E-state index in [4.69, 9.17) is 5.73 Å². The van der Waals surface area contributed by atoms with E-state index in [1.54, 1.807) is 16.7 Å². The van der Waals surface area contributed by atoms with Crippen molar-refractivity contribution in [2.45, 2.75) is 18.6 Å². The highest BCUT2D eigenvalue weighted by Gasteiger charge is 2.31. The quantitative estimate of drug-likeness (QED) is 0.405. The lowest BCUT2D eigenvalue weighted by molar-refractivity contribution is -0.137. The second-order valence-corrected chi connectivity index (χ2v) is 8.00. The molecule has 180 valence electrons. The van der Waals surface area contributed by atoms with Gasteiger partial charge in [-0.25, -0.2) is 19.7 Å². The zero-order chi connectivity index (χ0) is 24.7. The number of halogens is 3. The summed E-state index contributed by atoms with van der Waals surface area (Å²) in [6, 6.07) is 7.94. The number of nitrogen functional groups attached to an aromatic ring is 1. The molecule has 1 aromatic carbocycles. The van der Waals surface area contributed by atoms with E-state index in [2.05, 4.69) is 25.6 Å². The lowest BCUT2D eigenvalue weighted by Crippen LogP contribution is -2.28. The summed E-state index contributed by atoms with van der Waals surface area (Å²) in [6.07, 6.45) is -1.80. The number of nitrogens with two attached hydrogens (primary N) is 1. The van der Waals surface area contributed by atoms with E-state index in [0.717, 1.165) is 25.1 Å². The Bertz CT molecular complexity index is 1450. The van der Waals surface area contributed by atoms with Gasteiger partial charge in [0.05, 0.1) is 17.3 Å². The van der Waals surface area contributed by atoms with Gasteiger partial charge in [-0.05, 0) is 49.4 Å². The highest BCUT2D eigenvalue weighted by atomic mass is 19.4. The number of pyridine rings is 1. The van der Waals surface area contributed by atoms with Crippen LogP contribution in [0.2, 0.25) is 0 Å². The smallest absolute Gasteiger partial charge is 0.382 e. The molecular formula is C22H19F3N8O2. The third-order valence-corrected chi connectivity index (χ3v) is 5.80. The molecule has 1 amide bonds. The summed E-state index contributed by atoms with van der Waals surface area (Å²) in [7, 11) is 0. The lowest BCUT2D eigenvalue weighted by Gasteiger charge is -2.09. The van der Waals surface area contributed by atoms with Gasteiger partial charge < -0.3 is 16.4 Å². The maximum absolute atomic E-state index is 13.4. The molecule has 1 aliphatic rings. The zero-order valence-corrected chi connectivity index (χ0v) is 18.1. The predicted octanol–water partition coefficient (Wildman–Crippen LogP) is 2.36. The van der Waals surface area contributed by atoms with Gasteiger partial charge >= 0.3 is 11.9 Å². The number of hydrogen-bond acceptors (Lipinski definition) is 7. The van der Waals surface area contributed by atoms with E-state index in [-0.39, 0.29) is 28.9 Å². The van der Waals surface area contributed by atoms with Crippen molar-refractivity contribution in [3.63, 3.8) is 0 Å². The predicted molar refractivity (Wildman–Crippen MR) is 121 cm³/mol. The number of amides is 1. The zero-order valence-electron chi connectivity index (χ0n) is 18.1. The van der Waals surface area contributed by atoms with Crippen LogP contribution in [0.1, 0.15) is 28.4 Å². The first-order valence-corrected chi connectivity index (χ1v) is 10.6. The van der Waals surface area contributed by atoms with Gasteiger partial charge in [0.25, 0.3) is 5.91 Å². The summed E-state index contributed by atoms with van der Waals surface area (Å²) in [4.78, 5) is 37.9. The van der Waals surface area contributed by atoms with Crippen molar-refractivity contribution in [2.24, 2.45) is 0 Å². The Labute approximate surface area is 195 Å². The number of alkyl halides is 3. The SMILES string of the molecule is Nc1ncnc2c1n(-c1ccc(C(=O)Nc3ccc(C(F)(F)F)cn3)cc1)c(=O)n2[C@@H]1CCNC1. The highest BCUT2D eigenvalue weighted by molar-refractivity contribution is 6.03. The highest BCUT2D eigenvalue weighted by Crippen LogP contribution is 2.29. The second kappa shape index (κ2) is 8.51. The van der Waals surface area contributed by atoms with E-state index < -0.39 is 17.6 Å².